The summed E-state index contributed by atoms with van der Waals surface area (Å²) in [7, 11) is 2.14. The first-order chi connectivity index (χ1) is 17.5. The van der Waals surface area contributed by atoms with Crippen LogP contribution in [0.2, 0.25) is 0 Å². The Balaban J connectivity index is 0.000000261. The molecular formula is C27H35N7OS. The largest absolute Gasteiger partial charge is 0.345 e. The van der Waals surface area contributed by atoms with E-state index in [0.717, 1.165) is 83.9 Å². The van der Waals surface area contributed by atoms with Gasteiger partial charge in [-0.15, -0.1) is 11.3 Å². The summed E-state index contributed by atoms with van der Waals surface area (Å²) in [6.07, 6.45) is 6.99. The summed E-state index contributed by atoms with van der Waals surface area (Å²) in [6.45, 7) is 10.1. The molecule has 4 heterocycles. The van der Waals surface area contributed by atoms with Gasteiger partial charge in [-0.05, 0) is 56.1 Å². The van der Waals surface area contributed by atoms with Gasteiger partial charge < -0.3 is 20.1 Å². The third-order valence-corrected chi connectivity index (χ3v) is 7.37. The second-order valence-electron chi connectivity index (χ2n) is 9.28. The number of likely N-dealkylation sites (N-methyl/N-ethyl adjacent to an activating group) is 1. The SMILES string of the molecule is CCC(C)CN(C=O)CC.CN1CC=C(c2cc3c(Nc4ccc5ncsc5c4)ncnc3[nH]2)CC1. The third kappa shape index (κ3) is 6.27. The Morgan fingerprint density at radius 1 is 1.25 bits per heavy atom. The molecule has 9 heteroatoms. The van der Waals surface area contributed by atoms with Crippen LogP contribution in [0.3, 0.4) is 0 Å². The summed E-state index contributed by atoms with van der Waals surface area (Å²) in [5.41, 5.74) is 7.23. The number of rotatable bonds is 8. The molecule has 0 radical (unpaired) electrons. The van der Waals surface area contributed by atoms with Crippen LogP contribution in [0.1, 0.15) is 39.3 Å². The van der Waals surface area contributed by atoms with Crippen molar-refractivity contribution in [3.05, 3.63) is 47.9 Å². The van der Waals surface area contributed by atoms with Crippen molar-refractivity contribution in [2.45, 2.75) is 33.6 Å². The van der Waals surface area contributed by atoms with Gasteiger partial charge in [0, 0.05) is 37.6 Å². The topological polar surface area (TPSA) is 90.0 Å². The van der Waals surface area contributed by atoms with Crippen molar-refractivity contribution in [3.63, 3.8) is 0 Å². The summed E-state index contributed by atoms with van der Waals surface area (Å²) < 4.78 is 1.16. The van der Waals surface area contributed by atoms with Crippen molar-refractivity contribution in [3.8, 4) is 0 Å². The number of nitrogens with zero attached hydrogens (tertiary/aromatic N) is 5. The van der Waals surface area contributed by atoms with Crippen LogP contribution in [0.5, 0.6) is 0 Å². The van der Waals surface area contributed by atoms with Gasteiger partial charge in [-0.25, -0.2) is 15.0 Å². The lowest BCUT2D eigenvalue weighted by atomic mass is 10.1. The monoisotopic (exact) mass is 505 g/mol. The minimum Gasteiger partial charge on any atom is -0.345 e. The molecular weight excluding hydrogens is 470 g/mol. The maximum Gasteiger partial charge on any atom is 0.209 e. The lowest BCUT2D eigenvalue weighted by Gasteiger charge is -2.21. The quantitative estimate of drug-likeness (QED) is 0.306. The van der Waals surface area contributed by atoms with Crippen molar-refractivity contribution < 1.29 is 4.79 Å². The Kier molecular flexibility index (Phi) is 8.66. The van der Waals surface area contributed by atoms with Gasteiger partial charge in [0.1, 0.15) is 17.8 Å². The average molecular weight is 506 g/mol. The number of carbonyl (C=O) groups is 1. The number of aromatic nitrogens is 4. The van der Waals surface area contributed by atoms with E-state index in [1.54, 1.807) is 22.6 Å². The first-order valence-corrected chi connectivity index (χ1v) is 13.4. The predicted molar refractivity (Wildman–Crippen MR) is 150 cm³/mol. The van der Waals surface area contributed by atoms with Crippen LogP contribution in [0, 0.1) is 5.92 Å². The number of amides is 1. The summed E-state index contributed by atoms with van der Waals surface area (Å²) in [6, 6.07) is 8.32. The standard InChI is InChI=1S/C19H18N6S.C8H17NO/c1-25-6-4-12(5-7-25)16-9-14-18(20-10-21-19(14)24-16)23-13-2-3-15-17(8-13)26-11-22-15;1-4-8(3)6-9(5-2)7-10/h2-4,8-11H,5-7H2,1H3,(H2,20,21,23,24);7-8H,4-6H2,1-3H3. The molecule has 1 atom stereocenters. The van der Waals surface area contributed by atoms with Crippen LogP contribution in [0.4, 0.5) is 11.5 Å². The van der Waals surface area contributed by atoms with Gasteiger partial charge in [-0.2, -0.15) is 0 Å². The van der Waals surface area contributed by atoms with E-state index >= 15 is 0 Å². The van der Waals surface area contributed by atoms with Gasteiger partial charge in [0.15, 0.2) is 0 Å². The van der Waals surface area contributed by atoms with Gasteiger partial charge in [0.05, 0.1) is 21.1 Å². The molecule has 3 aromatic heterocycles. The fraction of sp³-hybridized carbons (Fsp3) is 0.407. The zero-order valence-electron chi connectivity index (χ0n) is 21.5. The highest BCUT2D eigenvalue weighted by Gasteiger charge is 2.14. The van der Waals surface area contributed by atoms with E-state index in [1.807, 2.05) is 24.6 Å². The second kappa shape index (κ2) is 12.1. The third-order valence-electron chi connectivity index (χ3n) is 6.58. The van der Waals surface area contributed by atoms with Crippen LogP contribution in [0.15, 0.2) is 42.2 Å². The molecule has 5 rings (SSSR count). The van der Waals surface area contributed by atoms with E-state index in [2.05, 4.69) is 69.3 Å². The second-order valence-corrected chi connectivity index (χ2v) is 10.2. The summed E-state index contributed by atoms with van der Waals surface area (Å²) in [4.78, 5) is 31.1. The van der Waals surface area contributed by atoms with Gasteiger partial charge in [0.2, 0.25) is 6.41 Å². The van der Waals surface area contributed by atoms with Crippen LogP contribution in [-0.4, -0.2) is 69.4 Å². The fourth-order valence-corrected chi connectivity index (χ4v) is 4.79. The number of fused-ring (bicyclic) bond motifs is 2. The Bertz CT molecular complexity index is 1330. The number of anilines is 2. The van der Waals surface area contributed by atoms with Gasteiger partial charge in [-0.1, -0.05) is 26.3 Å². The Labute approximate surface area is 216 Å². The molecule has 1 amide bonds. The molecule has 0 saturated heterocycles. The Morgan fingerprint density at radius 3 is 2.83 bits per heavy atom. The molecule has 1 aliphatic heterocycles. The number of H-pyrrole nitrogens is 1. The summed E-state index contributed by atoms with van der Waals surface area (Å²) >= 11 is 1.64. The molecule has 36 heavy (non-hydrogen) atoms. The van der Waals surface area contributed by atoms with E-state index in [0.29, 0.717) is 5.92 Å². The molecule has 0 spiro atoms. The van der Waals surface area contributed by atoms with E-state index < -0.39 is 0 Å². The van der Waals surface area contributed by atoms with Crippen molar-refractivity contribution in [2.24, 2.45) is 5.92 Å². The molecule has 1 aromatic carbocycles. The number of carbonyl (C=O) groups excluding carboxylic acids is 1. The Morgan fingerprint density at radius 2 is 2.11 bits per heavy atom. The van der Waals surface area contributed by atoms with Crippen molar-refractivity contribution in [2.75, 3.05) is 38.5 Å². The van der Waals surface area contributed by atoms with E-state index in [4.69, 9.17) is 0 Å². The first-order valence-electron chi connectivity index (χ1n) is 12.5. The summed E-state index contributed by atoms with van der Waals surface area (Å²) in [5.74, 6) is 1.44. The lowest BCUT2D eigenvalue weighted by molar-refractivity contribution is -0.118. The number of thiazole rings is 1. The lowest BCUT2D eigenvalue weighted by Crippen LogP contribution is -2.26. The number of benzene rings is 1. The zero-order valence-corrected chi connectivity index (χ0v) is 22.3. The molecule has 0 fully saturated rings. The number of aromatic amines is 1. The minimum atomic E-state index is 0.630. The maximum absolute atomic E-state index is 10.3. The molecule has 8 nitrogen and oxygen atoms in total. The van der Waals surface area contributed by atoms with Crippen molar-refractivity contribution in [1.29, 1.82) is 0 Å². The van der Waals surface area contributed by atoms with Crippen molar-refractivity contribution >= 4 is 56.1 Å². The number of nitrogens with one attached hydrogen (secondary N) is 2. The molecule has 2 N–H and O–H groups in total. The summed E-state index contributed by atoms with van der Waals surface area (Å²) in [5, 5.41) is 4.44. The van der Waals surface area contributed by atoms with Gasteiger partial charge in [0.25, 0.3) is 0 Å². The molecule has 1 unspecified atom stereocenters. The smallest absolute Gasteiger partial charge is 0.209 e. The van der Waals surface area contributed by atoms with E-state index in [9.17, 15) is 4.79 Å². The molecule has 4 aromatic rings. The minimum absolute atomic E-state index is 0.630. The fourth-order valence-electron chi connectivity index (χ4n) is 4.07. The molecule has 1 aliphatic rings. The van der Waals surface area contributed by atoms with Crippen molar-refractivity contribution in [1.82, 2.24) is 29.7 Å². The van der Waals surface area contributed by atoms with Crippen LogP contribution in [-0.2, 0) is 4.79 Å². The van der Waals surface area contributed by atoms with Crippen LogP contribution < -0.4 is 5.32 Å². The Hall–Kier alpha value is -3.30. The van der Waals surface area contributed by atoms with E-state index in [-0.39, 0.29) is 0 Å². The predicted octanol–water partition coefficient (Wildman–Crippen LogP) is 5.54. The number of hydrogen-bond donors (Lipinski definition) is 2. The average Bonchev–Trinajstić information content (AvgIpc) is 3.55. The molecule has 190 valence electrons. The molecule has 0 bridgehead atoms. The molecule has 0 aliphatic carbocycles. The maximum atomic E-state index is 10.3. The highest BCUT2D eigenvalue weighted by molar-refractivity contribution is 7.16. The van der Waals surface area contributed by atoms with E-state index in [1.165, 1.54) is 5.57 Å². The number of hydrogen-bond acceptors (Lipinski definition) is 7. The zero-order chi connectivity index (χ0) is 25.5. The highest BCUT2D eigenvalue weighted by atomic mass is 32.1. The van der Waals surface area contributed by atoms with Crippen LogP contribution in [0.25, 0.3) is 26.8 Å². The normalized spacial score (nSPS) is 14.7. The van der Waals surface area contributed by atoms with Gasteiger partial charge >= 0.3 is 0 Å². The van der Waals surface area contributed by atoms with Gasteiger partial charge in [-0.3, -0.25) is 4.79 Å². The first kappa shape index (κ1) is 25.8. The molecule has 0 saturated carbocycles. The van der Waals surface area contributed by atoms with Crippen LogP contribution >= 0.6 is 11.3 Å². The highest BCUT2D eigenvalue weighted by Crippen LogP contribution is 2.30.